The van der Waals surface area contributed by atoms with Gasteiger partial charge in [0, 0.05) is 6.42 Å². The van der Waals surface area contributed by atoms with Gasteiger partial charge in [-0.2, -0.15) is 0 Å². The summed E-state index contributed by atoms with van der Waals surface area (Å²) in [6, 6.07) is -1.24. The van der Waals surface area contributed by atoms with E-state index in [0.717, 1.165) is 12.8 Å². The van der Waals surface area contributed by atoms with E-state index in [4.69, 9.17) is 4.74 Å². The van der Waals surface area contributed by atoms with Gasteiger partial charge in [0.15, 0.2) is 0 Å². The maximum atomic E-state index is 15.7. The minimum atomic E-state index is -1.37. The number of rotatable bonds is 7. The fraction of sp³-hybridized carbons (Fsp3) is 0.957. The number of piperidine rings is 1. The van der Waals surface area contributed by atoms with Gasteiger partial charge >= 0.3 is 0 Å². The summed E-state index contributed by atoms with van der Waals surface area (Å²) in [5, 5.41) is 37.1. The van der Waals surface area contributed by atoms with Gasteiger partial charge < -0.3 is 30.7 Å². The number of halogens is 1. The number of aliphatic hydroxyl groups excluding tert-OH is 3. The van der Waals surface area contributed by atoms with Crippen molar-refractivity contribution >= 4 is 17.7 Å². The molecule has 1 aliphatic carbocycles. The molecular formula is C23H41FN2O5S. The molecule has 0 aromatic heterocycles. The van der Waals surface area contributed by atoms with E-state index in [1.807, 2.05) is 13.8 Å². The normalized spacial score (nSPS) is 40.2. The molecular weight excluding hydrogens is 435 g/mol. The van der Waals surface area contributed by atoms with E-state index in [1.165, 1.54) is 31.0 Å². The number of alkyl halides is 1. The summed E-state index contributed by atoms with van der Waals surface area (Å²) >= 11 is 1.24. The highest BCUT2D eigenvalue weighted by molar-refractivity contribution is 7.99. The highest BCUT2D eigenvalue weighted by atomic mass is 32.2. The second-order valence-corrected chi connectivity index (χ2v) is 11.2. The van der Waals surface area contributed by atoms with Crippen molar-refractivity contribution in [3.8, 4) is 0 Å². The first-order valence-corrected chi connectivity index (χ1v) is 13.4. The third-order valence-electron chi connectivity index (χ3n) is 7.45. The molecule has 8 unspecified atom stereocenters. The van der Waals surface area contributed by atoms with Crippen LogP contribution < -0.4 is 10.6 Å². The van der Waals surface area contributed by atoms with Crippen molar-refractivity contribution in [2.45, 2.75) is 113 Å². The zero-order chi connectivity index (χ0) is 23.5. The van der Waals surface area contributed by atoms with Crippen LogP contribution in [-0.4, -0.2) is 81.6 Å². The van der Waals surface area contributed by atoms with Crippen LogP contribution >= 0.6 is 11.8 Å². The number of carbonyl (C=O) groups excluding carboxylic acids is 1. The molecule has 7 nitrogen and oxygen atoms in total. The predicted molar refractivity (Wildman–Crippen MR) is 123 cm³/mol. The molecule has 0 radical (unpaired) electrons. The monoisotopic (exact) mass is 476 g/mol. The minimum Gasteiger partial charge on any atom is -0.388 e. The van der Waals surface area contributed by atoms with Crippen molar-refractivity contribution in [3.05, 3.63) is 0 Å². The van der Waals surface area contributed by atoms with Gasteiger partial charge in [-0.15, -0.1) is 11.8 Å². The molecule has 2 saturated heterocycles. The first kappa shape index (κ1) is 26.2. The summed E-state index contributed by atoms with van der Waals surface area (Å²) in [5.41, 5.74) is -2.05. The van der Waals surface area contributed by atoms with Crippen molar-refractivity contribution in [3.63, 3.8) is 0 Å². The Morgan fingerprint density at radius 1 is 1.19 bits per heavy atom. The van der Waals surface area contributed by atoms with Gasteiger partial charge in [-0.25, -0.2) is 4.39 Å². The van der Waals surface area contributed by atoms with Gasteiger partial charge in [0.25, 0.3) is 0 Å². The Balaban J connectivity index is 1.65. The van der Waals surface area contributed by atoms with Crippen LogP contribution in [0.4, 0.5) is 4.39 Å². The van der Waals surface area contributed by atoms with E-state index >= 15 is 4.39 Å². The lowest BCUT2D eigenvalue weighted by molar-refractivity contribution is -0.208. The van der Waals surface area contributed by atoms with Gasteiger partial charge in [0.2, 0.25) is 5.91 Å². The average Bonchev–Trinajstić information content (AvgIpc) is 2.76. The van der Waals surface area contributed by atoms with Gasteiger partial charge in [-0.1, -0.05) is 46.0 Å². The van der Waals surface area contributed by atoms with E-state index in [-0.39, 0.29) is 18.2 Å². The molecule has 186 valence electrons. The van der Waals surface area contributed by atoms with Gasteiger partial charge in [0.1, 0.15) is 35.5 Å². The molecule has 9 heteroatoms. The van der Waals surface area contributed by atoms with Crippen molar-refractivity contribution < 1.29 is 29.2 Å². The van der Waals surface area contributed by atoms with Crippen molar-refractivity contribution in [2.24, 2.45) is 11.8 Å². The fourth-order valence-corrected chi connectivity index (χ4v) is 6.23. The SMILES string of the molecule is CSC1OC(C(NC(=O)C2CC(F)(CC3CCCCC3)CCN2)C(C)C)C(O)C(O)C1O. The number of hydrogen-bond donors (Lipinski definition) is 5. The Labute approximate surface area is 195 Å². The lowest BCUT2D eigenvalue weighted by Crippen LogP contribution is -2.65. The molecule has 2 aliphatic heterocycles. The van der Waals surface area contributed by atoms with E-state index in [2.05, 4.69) is 10.6 Å². The highest BCUT2D eigenvalue weighted by Crippen LogP contribution is 2.38. The number of carbonyl (C=O) groups is 1. The largest absolute Gasteiger partial charge is 0.388 e. The first-order valence-electron chi connectivity index (χ1n) is 12.1. The number of thioether (sulfide) groups is 1. The summed E-state index contributed by atoms with van der Waals surface area (Å²) in [6.45, 7) is 4.24. The maximum absolute atomic E-state index is 15.7. The Morgan fingerprint density at radius 3 is 2.50 bits per heavy atom. The zero-order valence-corrected chi connectivity index (χ0v) is 20.3. The summed E-state index contributed by atoms with van der Waals surface area (Å²) in [7, 11) is 0. The molecule has 0 spiro atoms. The number of ether oxygens (including phenoxy) is 1. The van der Waals surface area contributed by atoms with Gasteiger partial charge in [-0.05, 0) is 37.5 Å². The standard InChI is InChI=1S/C23H41FN2O5S/c1-13(2)16(20-18(28)17(27)19(29)22(31-20)32-3)26-21(30)15-12-23(24,9-10-25-15)11-14-7-5-4-6-8-14/h13-20,22,25,27-29H,4-12H2,1-3H3,(H,26,30). The molecule has 5 N–H and O–H groups in total. The molecule has 1 amide bonds. The van der Waals surface area contributed by atoms with Crippen LogP contribution in [0.3, 0.4) is 0 Å². The van der Waals surface area contributed by atoms with Crippen LogP contribution in [0.5, 0.6) is 0 Å². The van der Waals surface area contributed by atoms with Gasteiger partial charge in [0.05, 0.1) is 12.1 Å². The number of nitrogens with one attached hydrogen (secondary N) is 2. The number of aliphatic hydroxyl groups is 3. The second-order valence-electron chi connectivity index (χ2n) is 10.3. The molecule has 0 aromatic rings. The highest BCUT2D eigenvalue weighted by Gasteiger charge is 2.48. The molecule has 3 rings (SSSR count). The molecule has 0 bridgehead atoms. The van der Waals surface area contributed by atoms with E-state index in [1.54, 1.807) is 6.26 Å². The Bertz CT molecular complexity index is 621. The molecule has 8 atom stereocenters. The maximum Gasteiger partial charge on any atom is 0.237 e. The Hall–Kier alpha value is -0.450. The smallest absolute Gasteiger partial charge is 0.237 e. The molecule has 3 fully saturated rings. The third-order valence-corrected chi connectivity index (χ3v) is 8.30. The summed E-state index contributed by atoms with van der Waals surface area (Å²) in [5.74, 6) is -0.0168. The van der Waals surface area contributed by atoms with E-state index in [0.29, 0.717) is 25.3 Å². The van der Waals surface area contributed by atoms with Gasteiger partial charge in [-0.3, -0.25) is 4.79 Å². The predicted octanol–water partition coefficient (Wildman–Crippen LogP) is 1.73. The van der Waals surface area contributed by atoms with Crippen LogP contribution in [0.1, 0.15) is 65.2 Å². The van der Waals surface area contributed by atoms with Crippen LogP contribution in [0.15, 0.2) is 0 Å². The summed E-state index contributed by atoms with van der Waals surface area (Å²) in [4.78, 5) is 13.1. The van der Waals surface area contributed by atoms with E-state index < -0.39 is 47.6 Å². The first-order chi connectivity index (χ1) is 15.1. The van der Waals surface area contributed by atoms with Crippen molar-refractivity contribution in [2.75, 3.05) is 12.8 Å². The Morgan fingerprint density at radius 2 is 1.88 bits per heavy atom. The third kappa shape index (κ3) is 6.16. The van der Waals surface area contributed by atoms with Crippen LogP contribution in [0, 0.1) is 11.8 Å². The van der Waals surface area contributed by atoms with E-state index in [9.17, 15) is 20.1 Å². The molecule has 0 aromatic carbocycles. The van der Waals surface area contributed by atoms with Crippen LogP contribution in [-0.2, 0) is 9.53 Å². The lowest BCUT2D eigenvalue weighted by Gasteiger charge is -2.45. The summed E-state index contributed by atoms with van der Waals surface area (Å²) in [6.07, 6.45) is 3.75. The number of hydrogen-bond acceptors (Lipinski definition) is 7. The Kier molecular flexibility index (Phi) is 9.25. The lowest BCUT2D eigenvalue weighted by atomic mass is 9.76. The average molecular weight is 477 g/mol. The van der Waals surface area contributed by atoms with Crippen LogP contribution in [0.25, 0.3) is 0 Å². The van der Waals surface area contributed by atoms with Crippen LogP contribution in [0.2, 0.25) is 0 Å². The topological polar surface area (TPSA) is 111 Å². The molecule has 32 heavy (non-hydrogen) atoms. The molecule has 1 saturated carbocycles. The quantitative estimate of drug-likeness (QED) is 0.381. The minimum absolute atomic E-state index is 0.107. The summed E-state index contributed by atoms with van der Waals surface area (Å²) < 4.78 is 21.6. The van der Waals surface area contributed by atoms with Crippen molar-refractivity contribution in [1.82, 2.24) is 10.6 Å². The van der Waals surface area contributed by atoms with Crippen molar-refractivity contribution in [1.29, 1.82) is 0 Å². The second kappa shape index (κ2) is 11.3. The molecule has 3 aliphatic rings. The zero-order valence-electron chi connectivity index (χ0n) is 19.5. The number of amides is 1. The molecule has 2 heterocycles. The fourth-order valence-electron chi connectivity index (χ4n) is 5.55.